The van der Waals surface area contributed by atoms with Crippen molar-refractivity contribution in [3.8, 4) is 0 Å². The Kier molecular flexibility index (Phi) is 2.92. The molecule has 0 saturated heterocycles. The van der Waals surface area contributed by atoms with Gasteiger partial charge >= 0.3 is 5.97 Å². The van der Waals surface area contributed by atoms with Crippen molar-refractivity contribution in [1.82, 2.24) is 4.98 Å². The highest BCUT2D eigenvalue weighted by atomic mass is 35.5. The molecular weight excluding hydrogens is 250 g/mol. The van der Waals surface area contributed by atoms with Crippen LogP contribution in [0.25, 0.3) is 10.9 Å². The van der Waals surface area contributed by atoms with E-state index in [2.05, 4.69) is 4.98 Å². The molecule has 1 aliphatic rings. The summed E-state index contributed by atoms with van der Waals surface area (Å²) in [4.78, 5) is 16.2. The summed E-state index contributed by atoms with van der Waals surface area (Å²) in [5.74, 6) is -0.382. The first kappa shape index (κ1) is 11.5. The average molecular weight is 262 g/mol. The van der Waals surface area contributed by atoms with E-state index < -0.39 is 0 Å². The quantitative estimate of drug-likeness (QED) is 0.776. The monoisotopic (exact) mass is 261 g/mol. The molecule has 4 heteroatoms. The van der Waals surface area contributed by atoms with Crippen LogP contribution in [0.15, 0.2) is 30.3 Å². The van der Waals surface area contributed by atoms with Crippen molar-refractivity contribution < 1.29 is 9.53 Å². The zero-order valence-electron chi connectivity index (χ0n) is 9.73. The lowest BCUT2D eigenvalue weighted by atomic mass is 9.96. The third-order valence-electron chi connectivity index (χ3n) is 3.20. The maximum Gasteiger partial charge on any atom is 0.357 e. The number of nitrogens with zero attached hydrogens (tertiary/aromatic N) is 1. The molecule has 0 unspecified atom stereocenters. The van der Waals surface area contributed by atoms with Crippen molar-refractivity contribution in [1.29, 1.82) is 0 Å². The van der Waals surface area contributed by atoms with Gasteiger partial charge in [-0.05, 0) is 31.4 Å². The Balaban J connectivity index is 1.94. The Morgan fingerprint density at radius 1 is 1.33 bits per heavy atom. The van der Waals surface area contributed by atoms with Crippen LogP contribution in [0.4, 0.5) is 0 Å². The third kappa shape index (κ3) is 2.06. The number of esters is 1. The van der Waals surface area contributed by atoms with Gasteiger partial charge in [0.1, 0.15) is 6.10 Å². The van der Waals surface area contributed by atoms with Gasteiger partial charge in [-0.15, -0.1) is 0 Å². The van der Waals surface area contributed by atoms with Crippen molar-refractivity contribution in [2.24, 2.45) is 0 Å². The van der Waals surface area contributed by atoms with Gasteiger partial charge in [0.15, 0.2) is 5.69 Å². The molecule has 2 aromatic rings. The van der Waals surface area contributed by atoms with E-state index in [1.807, 2.05) is 24.3 Å². The van der Waals surface area contributed by atoms with Crippen LogP contribution in [0, 0.1) is 0 Å². The molecule has 1 fully saturated rings. The molecule has 1 saturated carbocycles. The second kappa shape index (κ2) is 4.58. The molecular formula is C14H12ClNO2. The van der Waals surface area contributed by atoms with Crippen LogP contribution in [-0.2, 0) is 4.74 Å². The summed E-state index contributed by atoms with van der Waals surface area (Å²) >= 11 is 6.14. The third-order valence-corrected chi connectivity index (χ3v) is 3.51. The zero-order valence-corrected chi connectivity index (χ0v) is 10.5. The van der Waals surface area contributed by atoms with E-state index in [4.69, 9.17) is 16.3 Å². The Bertz CT molecular complexity index is 608. The number of pyridine rings is 1. The largest absolute Gasteiger partial charge is 0.458 e. The van der Waals surface area contributed by atoms with E-state index >= 15 is 0 Å². The molecule has 1 aromatic heterocycles. The van der Waals surface area contributed by atoms with Gasteiger partial charge in [0.05, 0.1) is 10.5 Å². The van der Waals surface area contributed by atoms with Crippen molar-refractivity contribution in [3.63, 3.8) is 0 Å². The molecule has 1 heterocycles. The fraction of sp³-hybridized carbons (Fsp3) is 0.286. The minimum atomic E-state index is -0.382. The molecule has 0 amide bonds. The van der Waals surface area contributed by atoms with Crippen LogP contribution < -0.4 is 0 Å². The lowest BCUT2D eigenvalue weighted by Gasteiger charge is -2.24. The highest BCUT2D eigenvalue weighted by Gasteiger charge is 2.23. The van der Waals surface area contributed by atoms with Gasteiger partial charge in [0.2, 0.25) is 0 Å². The normalized spacial score (nSPS) is 15.4. The van der Waals surface area contributed by atoms with Crippen molar-refractivity contribution in [3.05, 3.63) is 41.0 Å². The van der Waals surface area contributed by atoms with Crippen LogP contribution in [-0.4, -0.2) is 17.1 Å². The first-order valence-electron chi connectivity index (χ1n) is 6.00. The molecule has 0 radical (unpaired) electrons. The number of hydrogen-bond acceptors (Lipinski definition) is 3. The lowest BCUT2D eigenvalue weighted by molar-refractivity contribution is 0.00841. The van der Waals surface area contributed by atoms with E-state index in [1.165, 1.54) is 0 Å². The molecule has 0 bridgehead atoms. The maximum absolute atomic E-state index is 11.9. The number of benzene rings is 1. The Morgan fingerprint density at radius 3 is 2.83 bits per heavy atom. The van der Waals surface area contributed by atoms with Crippen LogP contribution in [0.1, 0.15) is 29.8 Å². The summed E-state index contributed by atoms with van der Waals surface area (Å²) in [5.41, 5.74) is 0.996. The van der Waals surface area contributed by atoms with Gasteiger partial charge in [0, 0.05) is 5.39 Å². The number of rotatable bonds is 2. The topological polar surface area (TPSA) is 39.2 Å². The standard InChI is InChI=1S/C14H12ClNO2/c15-11-8-13(14(17)18-9-4-3-5-9)16-12-7-2-1-6-10(11)12/h1-2,6-9H,3-5H2. The summed E-state index contributed by atoms with van der Waals surface area (Å²) in [6.45, 7) is 0. The smallest absolute Gasteiger partial charge is 0.357 e. The van der Waals surface area contributed by atoms with Gasteiger partial charge < -0.3 is 4.74 Å². The fourth-order valence-corrected chi connectivity index (χ4v) is 2.20. The molecule has 3 nitrogen and oxygen atoms in total. The van der Waals surface area contributed by atoms with Crippen LogP contribution >= 0.6 is 11.6 Å². The zero-order chi connectivity index (χ0) is 12.5. The fourth-order valence-electron chi connectivity index (χ4n) is 1.94. The van der Waals surface area contributed by atoms with Gasteiger partial charge in [-0.25, -0.2) is 9.78 Å². The van der Waals surface area contributed by atoms with Gasteiger partial charge in [-0.3, -0.25) is 0 Å². The molecule has 1 aliphatic carbocycles. The number of carbonyl (C=O) groups is 1. The Hall–Kier alpha value is -1.61. The van der Waals surface area contributed by atoms with Crippen molar-refractivity contribution in [2.45, 2.75) is 25.4 Å². The van der Waals surface area contributed by atoms with E-state index in [0.717, 1.165) is 24.6 Å². The predicted octanol–water partition coefficient (Wildman–Crippen LogP) is 3.60. The maximum atomic E-state index is 11.9. The molecule has 0 aliphatic heterocycles. The van der Waals surface area contributed by atoms with Crippen LogP contribution in [0.5, 0.6) is 0 Å². The lowest BCUT2D eigenvalue weighted by Crippen LogP contribution is -2.25. The number of halogens is 1. The summed E-state index contributed by atoms with van der Waals surface area (Å²) in [6.07, 6.45) is 3.09. The SMILES string of the molecule is O=C(OC1CCC1)c1cc(Cl)c2ccccc2n1. The molecule has 3 rings (SSSR count). The summed E-state index contributed by atoms with van der Waals surface area (Å²) in [7, 11) is 0. The number of carbonyl (C=O) groups excluding carboxylic acids is 1. The molecule has 0 atom stereocenters. The predicted molar refractivity (Wildman–Crippen MR) is 69.8 cm³/mol. The molecule has 0 N–H and O–H groups in total. The highest BCUT2D eigenvalue weighted by molar-refractivity contribution is 6.35. The Labute approximate surface area is 110 Å². The average Bonchev–Trinajstić information content (AvgIpc) is 2.33. The summed E-state index contributed by atoms with van der Waals surface area (Å²) in [6, 6.07) is 9.05. The number of para-hydroxylation sites is 1. The van der Waals surface area contributed by atoms with E-state index in [9.17, 15) is 4.79 Å². The number of ether oxygens (including phenoxy) is 1. The minimum absolute atomic E-state index is 0.0598. The second-order valence-corrected chi connectivity index (χ2v) is 4.87. The van der Waals surface area contributed by atoms with Gasteiger partial charge in [-0.1, -0.05) is 29.8 Å². The molecule has 1 aromatic carbocycles. The second-order valence-electron chi connectivity index (χ2n) is 4.46. The van der Waals surface area contributed by atoms with Crippen molar-refractivity contribution in [2.75, 3.05) is 0 Å². The molecule has 0 spiro atoms. The molecule has 18 heavy (non-hydrogen) atoms. The van der Waals surface area contributed by atoms with E-state index in [1.54, 1.807) is 6.07 Å². The summed E-state index contributed by atoms with van der Waals surface area (Å²) in [5, 5.41) is 1.38. The van der Waals surface area contributed by atoms with Crippen molar-refractivity contribution >= 4 is 28.5 Å². The van der Waals surface area contributed by atoms with E-state index in [0.29, 0.717) is 10.5 Å². The number of fused-ring (bicyclic) bond motifs is 1. The first-order chi connectivity index (χ1) is 8.74. The minimum Gasteiger partial charge on any atom is -0.458 e. The van der Waals surface area contributed by atoms with Gasteiger partial charge in [0.25, 0.3) is 0 Å². The highest BCUT2D eigenvalue weighted by Crippen LogP contribution is 2.26. The molecule has 92 valence electrons. The van der Waals surface area contributed by atoms with Gasteiger partial charge in [-0.2, -0.15) is 0 Å². The summed E-state index contributed by atoms with van der Waals surface area (Å²) < 4.78 is 5.32. The number of hydrogen-bond donors (Lipinski definition) is 0. The van der Waals surface area contributed by atoms with Crippen LogP contribution in [0.2, 0.25) is 5.02 Å². The van der Waals surface area contributed by atoms with Crippen LogP contribution in [0.3, 0.4) is 0 Å². The Morgan fingerprint density at radius 2 is 2.11 bits per heavy atom. The van der Waals surface area contributed by atoms with E-state index in [-0.39, 0.29) is 17.8 Å². The first-order valence-corrected chi connectivity index (χ1v) is 6.38. The number of aromatic nitrogens is 1.